The number of nitrogen functional groups attached to an aromatic ring is 1. The van der Waals surface area contributed by atoms with Gasteiger partial charge in [0.2, 0.25) is 11.9 Å². The lowest BCUT2D eigenvalue weighted by Crippen LogP contribution is -2.39. The molecule has 4 aromatic rings. The van der Waals surface area contributed by atoms with Crippen LogP contribution < -0.4 is 16.0 Å². The molecule has 1 aliphatic carbocycles. The molecule has 2 aromatic heterocycles. The number of aliphatic hydroxyl groups excluding tert-OH is 1. The Bertz CT molecular complexity index is 1680. The van der Waals surface area contributed by atoms with Crippen molar-refractivity contribution in [2.24, 2.45) is 5.92 Å². The van der Waals surface area contributed by atoms with E-state index in [1.54, 1.807) is 18.2 Å². The molecule has 0 radical (unpaired) electrons. The highest BCUT2D eigenvalue weighted by molar-refractivity contribution is 6.09. The summed E-state index contributed by atoms with van der Waals surface area (Å²) in [5.74, 6) is 0.600. The van der Waals surface area contributed by atoms with Crippen LogP contribution in [0.4, 0.5) is 27.7 Å². The minimum atomic E-state index is -0.488. The van der Waals surface area contributed by atoms with Crippen molar-refractivity contribution in [3.63, 3.8) is 0 Å². The van der Waals surface area contributed by atoms with Crippen molar-refractivity contribution in [3.8, 4) is 11.4 Å². The number of aliphatic hydroxyl groups is 1. The highest BCUT2D eigenvalue weighted by Crippen LogP contribution is 2.42. The van der Waals surface area contributed by atoms with Crippen molar-refractivity contribution < 1.29 is 19.0 Å². The molecule has 1 saturated carbocycles. The predicted molar refractivity (Wildman–Crippen MR) is 161 cm³/mol. The average molecular weight is 584 g/mol. The Kier molecular flexibility index (Phi) is 7.28. The van der Waals surface area contributed by atoms with E-state index in [4.69, 9.17) is 10.5 Å². The van der Waals surface area contributed by atoms with E-state index in [0.717, 1.165) is 62.3 Å². The fraction of sp³-hybridized carbons (Fsp3) is 0.375. The zero-order valence-corrected chi connectivity index (χ0v) is 23.8. The number of carbonyl (C=O) groups excluding carboxylic acids is 1. The SMILES string of the molecule is Nc1nc(Nc2ccn(CC3CCOCC3)c2)nc(-c2cccc(N3CCc4cc(C5CC5)cc(F)c4C3=O)c2CO)n1. The molecule has 0 bridgehead atoms. The van der Waals surface area contributed by atoms with E-state index in [2.05, 4.69) is 24.8 Å². The Labute approximate surface area is 248 Å². The molecule has 1 amide bonds. The van der Waals surface area contributed by atoms with Crippen molar-refractivity contribution in [1.29, 1.82) is 0 Å². The highest BCUT2D eigenvalue weighted by atomic mass is 19.1. The molecule has 0 unspecified atom stereocenters. The van der Waals surface area contributed by atoms with Crippen LogP contribution in [0.3, 0.4) is 0 Å². The van der Waals surface area contributed by atoms with E-state index in [-0.39, 0.29) is 29.9 Å². The van der Waals surface area contributed by atoms with Crippen LogP contribution in [0.2, 0.25) is 0 Å². The van der Waals surface area contributed by atoms with Crippen molar-refractivity contribution in [2.45, 2.75) is 51.2 Å². The molecule has 222 valence electrons. The molecular weight excluding hydrogens is 549 g/mol. The number of halogens is 1. The average Bonchev–Trinajstić information content (AvgIpc) is 3.77. The number of nitrogens with two attached hydrogens (primary N) is 1. The van der Waals surface area contributed by atoms with Crippen molar-refractivity contribution in [3.05, 3.63) is 76.9 Å². The molecule has 4 N–H and O–H groups in total. The number of fused-ring (bicyclic) bond motifs is 1. The number of ether oxygens (including phenoxy) is 1. The topological polar surface area (TPSA) is 131 Å². The van der Waals surface area contributed by atoms with Gasteiger partial charge < -0.3 is 30.4 Å². The van der Waals surface area contributed by atoms with E-state index in [1.807, 2.05) is 24.5 Å². The molecule has 0 spiro atoms. The Morgan fingerprint density at radius 2 is 1.93 bits per heavy atom. The fourth-order valence-electron chi connectivity index (χ4n) is 6.23. The molecule has 0 atom stereocenters. The summed E-state index contributed by atoms with van der Waals surface area (Å²) in [7, 11) is 0. The minimum Gasteiger partial charge on any atom is -0.392 e. The van der Waals surface area contributed by atoms with E-state index >= 15 is 4.39 Å². The van der Waals surface area contributed by atoms with Crippen LogP contribution in [-0.4, -0.2) is 50.3 Å². The molecule has 7 rings (SSSR count). The van der Waals surface area contributed by atoms with Crippen LogP contribution in [0.1, 0.15) is 58.6 Å². The smallest absolute Gasteiger partial charge is 0.261 e. The second-order valence-electron chi connectivity index (χ2n) is 11.6. The number of hydrogen-bond donors (Lipinski definition) is 3. The summed E-state index contributed by atoms with van der Waals surface area (Å²) < 4.78 is 22.8. The van der Waals surface area contributed by atoms with E-state index < -0.39 is 11.7 Å². The normalized spacial score (nSPS) is 17.3. The Morgan fingerprint density at radius 1 is 1.09 bits per heavy atom. The zero-order chi connectivity index (χ0) is 29.5. The van der Waals surface area contributed by atoms with Gasteiger partial charge in [-0.15, -0.1) is 0 Å². The van der Waals surface area contributed by atoms with E-state index in [1.165, 1.54) is 11.0 Å². The molecule has 43 heavy (non-hydrogen) atoms. The van der Waals surface area contributed by atoms with Crippen LogP contribution in [0, 0.1) is 11.7 Å². The van der Waals surface area contributed by atoms with Gasteiger partial charge in [0.05, 0.1) is 23.5 Å². The van der Waals surface area contributed by atoms with Gasteiger partial charge in [-0.3, -0.25) is 4.79 Å². The summed E-state index contributed by atoms with van der Waals surface area (Å²) in [4.78, 5) is 28.4. The second kappa shape index (κ2) is 11.4. The summed E-state index contributed by atoms with van der Waals surface area (Å²) in [6, 6.07) is 10.7. The first-order valence-corrected chi connectivity index (χ1v) is 14.9. The molecule has 2 aliphatic heterocycles. The molecule has 1 saturated heterocycles. The number of nitrogens with zero attached hydrogens (tertiary/aromatic N) is 5. The zero-order valence-electron chi connectivity index (χ0n) is 23.8. The monoisotopic (exact) mass is 583 g/mol. The summed E-state index contributed by atoms with van der Waals surface area (Å²) in [5.41, 5.74) is 10.2. The van der Waals surface area contributed by atoms with Gasteiger partial charge in [-0.25, -0.2) is 4.39 Å². The van der Waals surface area contributed by atoms with Crippen molar-refractivity contribution in [2.75, 3.05) is 35.7 Å². The van der Waals surface area contributed by atoms with Crippen LogP contribution in [0.25, 0.3) is 11.4 Å². The van der Waals surface area contributed by atoms with Gasteiger partial charge in [0, 0.05) is 49.8 Å². The number of carbonyl (C=O) groups is 1. The lowest BCUT2D eigenvalue weighted by atomic mass is 9.93. The predicted octanol–water partition coefficient (Wildman–Crippen LogP) is 4.80. The maximum Gasteiger partial charge on any atom is 0.261 e. The first-order chi connectivity index (χ1) is 21.0. The number of benzene rings is 2. The third-order valence-electron chi connectivity index (χ3n) is 8.62. The van der Waals surface area contributed by atoms with Gasteiger partial charge >= 0.3 is 0 Å². The highest BCUT2D eigenvalue weighted by Gasteiger charge is 2.33. The number of aromatic nitrogens is 4. The largest absolute Gasteiger partial charge is 0.392 e. The third kappa shape index (κ3) is 5.57. The fourth-order valence-corrected chi connectivity index (χ4v) is 6.23. The minimum absolute atomic E-state index is 0.0138. The maximum absolute atomic E-state index is 15.2. The molecular formula is C32H34FN7O3. The van der Waals surface area contributed by atoms with Crippen LogP contribution >= 0.6 is 0 Å². The molecule has 4 heterocycles. The Hall–Kier alpha value is -4.35. The Morgan fingerprint density at radius 3 is 2.72 bits per heavy atom. The third-order valence-corrected chi connectivity index (χ3v) is 8.62. The van der Waals surface area contributed by atoms with Crippen molar-refractivity contribution >= 4 is 29.2 Å². The summed E-state index contributed by atoms with van der Waals surface area (Å²) in [6.07, 6.45) is 8.76. The first-order valence-electron chi connectivity index (χ1n) is 14.9. The van der Waals surface area contributed by atoms with Gasteiger partial charge in [0.15, 0.2) is 5.82 Å². The number of amides is 1. The summed E-state index contributed by atoms with van der Waals surface area (Å²) in [5, 5.41) is 13.7. The molecule has 11 heteroatoms. The number of rotatable bonds is 8. The number of anilines is 4. The molecule has 3 aliphatic rings. The van der Waals surface area contributed by atoms with Gasteiger partial charge in [0.1, 0.15) is 5.82 Å². The summed E-state index contributed by atoms with van der Waals surface area (Å²) >= 11 is 0. The van der Waals surface area contributed by atoms with E-state index in [9.17, 15) is 9.90 Å². The van der Waals surface area contributed by atoms with Crippen LogP contribution in [0.5, 0.6) is 0 Å². The van der Waals surface area contributed by atoms with Gasteiger partial charge in [-0.2, -0.15) is 15.0 Å². The lowest BCUT2D eigenvalue weighted by Gasteiger charge is -2.31. The van der Waals surface area contributed by atoms with Gasteiger partial charge in [0.25, 0.3) is 5.91 Å². The van der Waals surface area contributed by atoms with Crippen LogP contribution in [0.15, 0.2) is 48.8 Å². The van der Waals surface area contributed by atoms with Crippen LogP contribution in [-0.2, 0) is 24.3 Å². The first kappa shape index (κ1) is 27.5. The summed E-state index contributed by atoms with van der Waals surface area (Å²) in [6.45, 7) is 2.51. The maximum atomic E-state index is 15.2. The van der Waals surface area contributed by atoms with Gasteiger partial charge in [-0.1, -0.05) is 18.2 Å². The molecule has 10 nitrogen and oxygen atoms in total. The standard InChI is InChI=1S/C32H34FN7O3/c33-26-15-22(20-4-5-20)14-21-6-11-40(30(42)28(21)26)27-3-1-2-24(25(27)18-41)29-36-31(34)38-32(37-29)35-23-7-10-39(17-23)16-19-8-12-43-13-9-19/h1-3,7,10,14-15,17,19-20,41H,4-6,8-9,11-13,16,18H2,(H3,34,35,36,37,38). The molecule has 2 fully saturated rings. The number of hydrogen-bond acceptors (Lipinski definition) is 8. The van der Waals surface area contributed by atoms with Crippen molar-refractivity contribution in [1.82, 2.24) is 19.5 Å². The quantitative estimate of drug-likeness (QED) is 0.270. The number of nitrogens with one attached hydrogen (secondary N) is 1. The molecule has 2 aromatic carbocycles. The second-order valence-corrected chi connectivity index (χ2v) is 11.6. The van der Waals surface area contributed by atoms with E-state index in [0.29, 0.717) is 41.6 Å². The Balaban J connectivity index is 1.15. The van der Waals surface area contributed by atoms with Gasteiger partial charge in [-0.05, 0) is 73.3 Å². The lowest BCUT2D eigenvalue weighted by molar-refractivity contribution is 0.0613.